The summed E-state index contributed by atoms with van der Waals surface area (Å²) in [7, 11) is -3.59. The van der Waals surface area contributed by atoms with Crippen molar-refractivity contribution >= 4 is 27.3 Å². The zero-order valence-corrected chi connectivity index (χ0v) is 17.3. The van der Waals surface area contributed by atoms with E-state index in [1.54, 1.807) is 18.3 Å². The van der Waals surface area contributed by atoms with Gasteiger partial charge in [-0.15, -0.1) is 11.3 Å². The highest BCUT2D eigenvalue weighted by Crippen LogP contribution is 2.26. The van der Waals surface area contributed by atoms with E-state index in [-0.39, 0.29) is 22.3 Å². The molecule has 7 nitrogen and oxygen atoms in total. The minimum Gasteiger partial charge on any atom is -0.455 e. The molecular weight excluding hydrogens is 386 g/mol. The number of carbonyl (C=O) groups is 1. The molecule has 3 rings (SSSR count). The van der Waals surface area contributed by atoms with E-state index in [9.17, 15) is 13.2 Å². The second kappa shape index (κ2) is 8.53. The van der Waals surface area contributed by atoms with E-state index in [0.29, 0.717) is 19.6 Å². The van der Waals surface area contributed by atoms with Gasteiger partial charge in [-0.1, -0.05) is 0 Å². The van der Waals surface area contributed by atoms with Gasteiger partial charge in [-0.3, -0.25) is 4.79 Å². The van der Waals surface area contributed by atoms with E-state index in [0.717, 1.165) is 42.8 Å². The predicted octanol–water partition coefficient (Wildman–Crippen LogP) is 2.89. The van der Waals surface area contributed by atoms with E-state index >= 15 is 0 Å². The number of amides is 1. The van der Waals surface area contributed by atoms with Crippen LogP contribution >= 0.6 is 11.3 Å². The van der Waals surface area contributed by atoms with Crippen molar-refractivity contribution in [3.63, 3.8) is 0 Å². The van der Waals surface area contributed by atoms with Crippen molar-refractivity contribution in [2.75, 3.05) is 19.6 Å². The average molecular weight is 412 g/mol. The second-order valence-electron chi connectivity index (χ2n) is 6.74. The number of thiazole rings is 1. The largest absolute Gasteiger partial charge is 0.455 e. The monoisotopic (exact) mass is 411 g/mol. The fourth-order valence-electron chi connectivity index (χ4n) is 3.11. The maximum absolute atomic E-state index is 12.7. The molecule has 1 amide bonds. The SMILES string of the molecule is Cc1csc(CCCCNC(=O)c2cc(S(=O)(=O)N3CCCC3)c(C)o2)n1. The predicted molar refractivity (Wildman–Crippen MR) is 104 cm³/mol. The number of unbranched alkanes of at least 4 members (excludes halogenated alkanes) is 1. The minimum atomic E-state index is -3.59. The van der Waals surface area contributed by atoms with Gasteiger partial charge in [-0.25, -0.2) is 13.4 Å². The molecule has 3 heterocycles. The topological polar surface area (TPSA) is 92.5 Å². The van der Waals surface area contributed by atoms with Gasteiger partial charge in [-0.2, -0.15) is 4.31 Å². The number of hydrogen-bond donors (Lipinski definition) is 1. The van der Waals surface area contributed by atoms with Gasteiger partial charge in [0.1, 0.15) is 10.7 Å². The maximum atomic E-state index is 12.7. The van der Waals surface area contributed by atoms with Crippen molar-refractivity contribution in [3.8, 4) is 0 Å². The minimum absolute atomic E-state index is 0.0424. The lowest BCUT2D eigenvalue weighted by Crippen LogP contribution is -2.28. The molecule has 1 aliphatic rings. The number of nitrogens with zero attached hydrogens (tertiary/aromatic N) is 2. The summed E-state index contributed by atoms with van der Waals surface area (Å²) in [6.07, 6.45) is 4.38. The lowest BCUT2D eigenvalue weighted by Gasteiger charge is -2.14. The van der Waals surface area contributed by atoms with E-state index in [1.807, 2.05) is 12.3 Å². The van der Waals surface area contributed by atoms with Crippen molar-refractivity contribution in [1.29, 1.82) is 0 Å². The molecule has 2 aromatic heterocycles. The number of hydrogen-bond acceptors (Lipinski definition) is 6. The summed E-state index contributed by atoms with van der Waals surface area (Å²) in [6.45, 7) is 5.11. The van der Waals surface area contributed by atoms with Crippen LogP contribution in [0.1, 0.15) is 52.7 Å². The van der Waals surface area contributed by atoms with E-state index in [2.05, 4.69) is 10.3 Å². The molecule has 0 radical (unpaired) electrons. The van der Waals surface area contributed by atoms with E-state index in [4.69, 9.17) is 4.42 Å². The molecule has 0 saturated carbocycles. The lowest BCUT2D eigenvalue weighted by atomic mass is 10.2. The summed E-state index contributed by atoms with van der Waals surface area (Å²) in [5.41, 5.74) is 1.04. The Bertz CT molecular complexity index is 896. The number of rotatable bonds is 8. The molecule has 0 aliphatic carbocycles. The van der Waals surface area contributed by atoms with Crippen LogP contribution in [0.15, 0.2) is 20.8 Å². The number of carbonyl (C=O) groups excluding carboxylic acids is 1. The third kappa shape index (κ3) is 4.77. The smallest absolute Gasteiger partial charge is 0.287 e. The normalized spacial score (nSPS) is 15.3. The van der Waals surface area contributed by atoms with E-state index < -0.39 is 10.0 Å². The van der Waals surface area contributed by atoms with Gasteiger partial charge >= 0.3 is 0 Å². The number of aromatic nitrogens is 1. The van der Waals surface area contributed by atoms with Crippen LogP contribution in [0.3, 0.4) is 0 Å². The van der Waals surface area contributed by atoms with Gasteiger partial charge < -0.3 is 9.73 Å². The van der Waals surface area contributed by atoms with Crippen LogP contribution in [-0.4, -0.2) is 43.2 Å². The fraction of sp³-hybridized carbons (Fsp3) is 0.556. The van der Waals surface area contributed by atoms with Crippen LogP contribution in [0, 0.1) is 13.8 Å². The molecule has 0 atom stereocenters. The zero-order chi connectivity index (χ0) is 19.4. The molecule has 27 heavy (non-hydrogen) atoms. The van der Waals surface area contributed by atoms with Crippen molar-refractivity contribution in [3.05, 3.63) is 33.7 Å². The molecule has 1 N–H and O–H groups in total. The average Bonchev–Trinajstić information content (AvgIpc) is 3.35. The number of sulfonamides is 1. The quantitative estimate of drug-likeness (QED) is 0.674. The number of nitrogens with one attached hydrogen (secondary N) is 1. The van der Waals surface area contributed by atoms with Crippen LogP contribution in [0.4, 0.5) is 0 Å². The summed E-state index contributed by atoms with van der Waals surface area (Å²) < 4.78 is 32.2. The Morgan fingerprint density at radius 1 is 1.30 bits per heavy atom. The van der Waals surface area contributed by atoms with Crippen LogP contribution in [0.5, 0.6) is 0 Å². The molecule has 0 aromatic carbocycles. The molecular formula is C18H25N3O4S2. The van der Waals surface area contributed by atoms with Gasteiger partial charge in [0.2, 0.25) is 10.0 Å². The molecule has 0 bridgehead atoms. The first kappa shape index (κ1) is 20.0. The Hall–Kier alpha value is -1.71. The first-order chi connectivity index (χ1) is 12.9. The standard InChI is InChI=1S/C18H25N3O4S2/c1-13-12-26-17(20-13)7-3-4-8-19-18(22)15-11-16(14(2)25-15)27(23,24)21-9-5-6-10-21/h11-12H,3-10H2,1-2H3,(H,19,22). The van der Waals surface area contributed by atoms with Gasteiger partial charge in [0, 0.05) is 36.8 Å². The van der Waals surface area contributed by atoms with Crippen molar-refractivity contribution in [1.82, 2.24) is 14.6 Å². The molecule has 148 valence electrons. The Labute approximate surface area is 163 Å². The van der Waals surface area contributed by atoms with Crippen molar-refractivity contribution in [2.45, 2.75) is 50.8 Å². The van der Waals surface area contributed by atoms with Crippen LogP contribution in [0.2, 0.25) is 0 Å². The van der Waals surface area contributed by atoms with Gasteiger partial charge in [0.25, 0.3) is 5.91 Å². The molecule has 0 unspecified atom stereocenters. The summed E-state index contributed by atoms with van der Waals surface area (Å²) >= 11 is 1.65. The molecule has 0 spiro atoms. The summed E-state index contributed by atoms with van der Waals surface area (Å²) in [4.78, 5) is 16.8. The molecule has 2 aromatic rings. The van der Waals surface area contributed by atoms with Crippen LogP contribution < -0.4 is 5.32 Å². The first-order valence-corrected chi connectivity index (χ1v) is 11.5. The summed E-state index contributed by atoms with van der Waals surface area (Å²) in [5.74, 6) is -0.0851. The number of furan rings is 1. The molecule has 1 aliphatic heterocycles. The number of aryl methyl sites for hydroxylation is 3. The molecule has 9 heteroatoms. The van der Waals surface area contributed by atoms with Gasteiger partial charge in [-0.05, 0) is 46.0 Å². The van der Waals surface area contributed by atoms with Crippen LogP contribution in [0.25, 0.3) is 0 Å². The van der Waals surface area contributed by atoms with E-state index in [1.165, 1.54) is 10.4 Å². The summed E-state index contributed by atoms with van der Waals surface area (Å²) in [5, 5.41) is 5.93. The van der Waals surface area contributed by atoms with Crippen molar-refractivity contribution in [2.24, 2.45) is 0 Å². The summed E-state index contributed by atoms with van der Waals surface area (Å²) in [6, 6.07) is 1.34. The molecule has 1 fully saturated rings. The Balaban J connectivity index is 1.51. The fourth-order valence-corrected chi connectivity index (χ4v) is 5.60. The third-order valence-electron chi connectivity index (χ3n) is 4.55. The Morgan fingerprint density at radius 3 is 2.70 bits per heavy atom. The third-order valence-corrected chi connectivity index (χ3v) is 7.58. The Morgan fingerprint density at radius 2 is 2.04 bits per heavy atom. The highest BCUT2D eigenvalue weighted by Gasteiger charge is 2.31. The first-order valence-electron chi connectivity index (χ1n) is 9.18. The Kier molecular flexibility index (Phi) is 6.33. The molecule has 1 saturated heterocycles. The van der Waals surface area contributed by atoms with Crippen molar-refractivity contribution < 1.29 is 17.6 Å². The maximum Gasteiger partial charge on any atom is 0.287 e. The van der Waals surface area contributed by atoms with Crippen LogP contribution in [-0.2, 0) is 16.4 Å². The van der Waals surface area contributed by atoms with Gasteiger partial charge in [0.05, 0.1) is 5.01 Å². The second-order valence-corrected chi connectivity index (χ2v) is 9.59. The zero-order valence-electron chi connectivity index (χ0n) is 15.7. The van der Waals surface area contributed by atoms with Gasteiger partial charge in [0.15, 0.2) is 5.76 Å². The highest BCUT2D eigenvalue weighted by atomic mass is 32.2. The highest BCUT2D eigenvalue weighted by molar-refractivity contribution is 7.89. The lowest BCUT2D eigenvalue weighted by molar-refractivity contribution is 0.0924.